The lowest BCUT2D eigenvalue weighted by molar-refractivity contribution is -0.138. The number of hydrogen-bond acceptors (Lipinski definition) is 5. The number of carbonyl (C=O) groups is 1. The maximum absolute atomic E-state index is 13.0. The summed E-state index contributed by atoms with van der Waals surface area (Å²) in [6.07, 6.45) is 1.89. The van der Waals surface area contributed by atoms with Gasteiger partial charge in [-0.3, -0.25) is 0 Å². The Kier molecular flexibility index (Phi) is 6.45. The van der Waals surface area contributed by atoms with E-state index in [2.05, 4.69) is 11.4 Å². The fraction of sp³-hybridized carbons (Fsp3) is 0.182. The van der Waals surface area contributed by atoms with Gasteiger partial charge in [-0.25, -0.2) is 4.79 Å². The van der Waals surface area contributed by atoms with E-state index >= 15 is 0 Å². The predicted octanol–water partition coefficient (Wildman–Crippen LogP) is 5.10. The first-order chi connectivity index (χ1) is 13.6. The molecule has 6 heteroatoms. The third-order valence-electron chi connectivity index (χ3n) is 4.43. The predicted molar refractivity (Wildman–Crippen MR) is 113 cm³/mol. The van der Waals surface area contributed by atoms with Gasteiger partial charge in [0.2, 0.25) is 0 Å². The number of nitrogens with one attached hydrogen (secondary N) is 1. The Hall–Kier alpha value is -2.68. The number of hydrogen-bond donors (Lipinski definition) is 1. The summed E-state index contributed by atoms with van der Waals surface area (Å²) in [6.45, 7) is 2.00. The van der Waals surface area contributed by atoms with Crippen LogP contribution in [0.25, 0.3) is 5.70 Å². The van der Waals surface area contributed by atoms with Crippen molar-refractivity contribution in [3.8, 4) is 6.07 Å². The Balaban J connectivity index is 2.33. The number of nitrogens with zero attached hydrogens (tertiary/aromatic N) is 1. The van der Waals surface area contributed by atoms with Crippen LogP contribution in [-0.4, -0.2) is 18.8 Å². The highest BCUT2D eigenvalue weighted by atomic mass is 35.5. The fourth-order valence-corrected chi connectivity index (χ4v) is 4.06. The number of ether oxygens (including phenoxy) is 1. The van der Waals surface area contributed by atoms with Gasteiger partial charge in [-0.1, -0.05) is 60.1 Å². The molecule has 2 aromatic rings. The lowest BCUT2D eigenvalue weighted by Crippen LogP contribution is -2.29. The molecule has 3 rings (SSSR count). The van der Waals surface area contributed by atoms with E-state index in [1.165, 1.54) is 11.8 Å². The van der Waals surface area contributed by atoms with Crippen LogP contribution in [0.15, 0.2) is 70.8 Å². The fourth-order valence-electron chi connectivity index (χ4n) is 3.23. The average Bonchev–Trinajstić information content (AvgIpc) is 2.73. The van der Waals surface area contributed by atoms with E-state index in [9.17, 15) is 10.1 Å². The smallest absolute Gasteiger partial charge is 0.337 e. The zero-order valence-corrected chi connectivity index (χ0v) is 17.1. The van der Waals surface area contributed by atoms with Crippen LogP contribution >= 0.6 is 23.4 Å². The van der Waals surface area contributed by atoms with E-state index in [1.807, 2.05) is 54.8 Å². The van der Waals surface area contributed by atoms with Crippen LogP contribution in [-0.2, 0) is 9.53 Å². The van der Waals surface area contributed by atoms with Gasteiger partial charge < -0.3 is 10.1 Å². The number of esters is 1. The zero-order chi connectivity index (χ0) is 20.1. The lowest BCUT2D eigenvalue weighted by atomic mass is 9.81. The normalized spacial score (nSPS) is 16.4. The zero-order valence-electron chi connectivity index (χ0n) is 15.5. The molecule has 0 aromatic heterocycles. The summed E-state index contributed by atoms with van der Waals surface area (Å²) in [5.74, 6) is -1.08. The maximum Gasteiger partial charge on any atom is 0.337 e. The molecule has 0 radical (unpaired) electrons. The van der Waals surface area contributed by atoms with Crippen molar-refractivity contribution in [2.24, 2.45) is 0 Å². The first kappa shape index (κ1) is 20.1. The van der Waals surface area contributed by atoms with Gasteiger partial charge in [0.25, 0.3) is 0 Å². The molecule has 28 heavy (non-hydrogen) atoms. The second-order valence-corrected chi connectivity index (χ2v) is 7.24. The standard InChI is InChI=1S/C22H19ClN2O2S/c1-3-27-22(26)19-18(15-11-7-8-12-17(15)23)16(13-24)21(28-2)25-20(19)14-9-5-4-6-10-14/h4-12,18,25H,3H2,1-2H3. The Morgan fingerprint density at radius 1 is 1.21 bits per heavy atom. The molecule has 0 spiro atoms. The molecule has 4 nitrogen and oxygen atoms in total. The molecule has 1 N–H and O–H groups in total. The first-order valence-electron chi connectivity index (χ1n) is 8.78. The maximum atomic E-state index is 13.0. The molecule has 1 unspecified atom stereocenters. The summed E-state index contributed by atoms with van der Waals surface area (Å²) in [4.78, 5) is 13.0. The van der Waals surface area contributed by atoms with Gasteiger partial charge in [-0.15, -0.1) is 11.8 Å². The Morgan fingerprint density at radius 3 is 2.50 bits per heavy atom. The Bertz CT molecular complexity index is 993. The van der Waals surface area contributed by atoms with E-state index in [4.69, 9.17) is 16.3 Å². The van der Waals surface area contributed by atoms with Crippen molar-refractivity contribution in [3.05, 3.63) is 86.9 Å². The van der Waals surface area contributed by atoms with Crippen LogP contribution in [0.5, 0.6) is 0 Å². The average molecular weight is 411 g/mol. The SMILES string of the molecule is CCOC(=O)C1=C(c2ccccc2)NC(SC)=C(C#N)C1c1ccccc1Cl. The minimum Gasteiger partial charge on any atom is -0.463 e. The Morgan fingerprint density at radius 2 is 1.89 bits per heavy atom. The quantitative estimate of drug-likeness (QED) is 0.695. The number of thioether (sulfide) groups is 1. The van der Waals surface area contributed by atoms with Crippen molar-refractivity contribution in [1.29, 1.82) is 5.26 Å². The highest BCUT2D eigenvalue weighted by Crippen LogP contribution is 2.44. The molecule has 0 saturated carbocycles. The molecule has 1 aliphatic heterocycles. The minimum atomic E-state index is -0.614. The summed E-state index contributed by atoms with van der Waals surface area (Å²) in [5.41, 5.74) is 3.00. The molecule has 1 heterocycles. The van der Waals surface area contributed by atoms with E-state index < -0.39 is 11.9 Å². The molecule has 1 atom stereocenters. The van der Waals surface area contributed by atoms with Crippen LogP contribution in [0.3, 0.4) is 0 Å². The van der Waals surface area contributed by atoms with Crippen molar-refractivity contribution in [3.63, 3.8) is 0 Å². The third kappa shape index (κ3) is 3.80. The number of allylic oxidation sites excluding steroid dienone is 1. The monoisotopic (exact) mass is 410 g/mol. The van der Waals surface area contributed by atoms with E-state index in [1.54, 1.807) is 13.0 Å². The summed E-state index contributed by atoms with van der Waals surface area (Å²) >= 11 is 7.90. The second kappa shape index (κ2) is 9.01. The lowest BCUT2D eigenvalue weighted by Gasteiger charge is -2.30. The minimum absolute atomic E-state index is 0.237. The molecule has 2 aromatic carbocycles. The highest BCUT2D eigenvalue weighted by Gasteiger charge is 2.37. The van der Waals surface area contributed by atoms with Gasteiger partial charge in [0, 0.05) is 5.02 Å². The summed E-state index contributed by atoms with van der Waals surface area (Å²) in [6, 6.07) is 19.1. The number of halogens is 1. The molecular weight excluding hydrogens is 392 g/mol. The van der Waals surface area contributed by atoms with Crippen molar-refractivity contribution < 1.29 is 9.53 Å². The van der Waals surface area contributed by atoms with E-state index in [-0.39, 0.29) is 6.61 Å². The highest BCUT2D eigenvalue weighted by molar-refractivity contribution is 8.02. The van der Waals surface area contributed by atoms with Crippen molar-refractivity contribution in [2.45, 2.75) is 12.8 Å². The molecule has 0 saturated heterocycles. The largest absolute Gasteiger partial charge is 0.463 e. The van der Waals surface area contributed by atoms with Gasteiger partial charge in [-0.05, 0) is 30.4 Å². The van der Waals surface area contributed by atoms with E-state index in [0.29, 0.717) is 32.5 Å². The van der Waals surface area contributed by atoms with Crippen LogP contribution in [0.2, 0.25) is 5.02 Å². The topological polar surface area (TPSA) is 62.1 Å². The Labute approximate surface area is 173 Å². The molecule has 1 aliphatic rings. The summed E-state index contributed by atoms with van der Waals surface area (Å²) < 4.78 is 5.37. The van der Waals surface area contributed by atoms with Crippen molar-refractivity contribution in [2.75, 3.05) is 12.9 Å². The number of rotatable bonds is 5. The molecule has 0 bridgehead atoms. The van der Waals surface area contributed by atoms with Crippen molar-refractivity contribution in [1.82, 2.24) is 5.32 Å². The van der Waals surface area contributed by atoms with Crippen LogP contribution in [0.4, 0.5) is 0 Å². The molecule has 142 valence electrons. The molecule has 0 fully saturated rings. The van der Waals surface area contributed by atoms with E-state index in [0.717, 1.165) is 5.56 Å². The van der Waals surface area contributed by atoms with Gasteiger partial charge in [0.1, 0.15) is 0 Å². The molecular formula is C22H19ClN2O2S. The van der Waals surface area contributed by atoms with Gasteiger partial charge in [0.15, 0.2) is 0 Å². The van der Waals surface area contributed by atoms with Crippen LogP contribution in [0, 0.1) is 11.3 Å². The van der Waals surface area contributed by atoms with Crippen LogP contribution in [0.1, 0.15) is 24.0 Å². The second-order valence-electron chi connectivity index (χ2n) is 6.01. The molecule has 0 amide bonds. The summed E-state index contributed by atoms with van der Waals surface area (Å²) in [7, 11) is 0. The van der Waals surface area contributed by atoms with Crippen LogP contribution < -0.4 is 5.32 Å². The number of dihydropyridines is 1. The van der Waals surface area contributed by atoms with Gasteiger partial charge in [0.05, 0.1) is 40.5 Å². The molecule has 0 aliphatic carbocycles. The number of carbonyl (C=O) groups excluding carboxylic acids is 1. The number of nitriles is 1. The first-order valence-corrected chi connectivity index (χ1v) is 10.4. The van der Waals surface area contributed by atoms with Gasteiger partial charge >= 0.3 is 5.97 Å². The summed E-state index contributed by atoms with van der Waals surface area (Å²) in [5, 5.41) is 14.4. The van der Waals surface area contributed by atoms with Crippen molar-refractivity contribution >= 4 is 35.0 Å². The third-order valence-corrected chi connectivity index (χ3v) is 5.50. The number of benzene rings is 2. The van der Waals surface area contributed by atoms with Gasteiger partial charge in [-0.2, -0.15) is 5.26 Å².